The van der Waals surface area contributed by atoms with E-state index in [1.165, 1.54) is 26.2 Å². The zero-order chi connectivity index (χ0) is 26.8. The minimum absolute atomic E-state index is 0.0158. The summed E-state index contributed by atoms with van der Waals surface area (Å²) in [6.45, 7) is 2.65. The van der Waals surface area contributed by atoms with Gasteiger partial charge in [0.25, 0.3) is 0 Å². The Morgan fingerprint density at radius 2 is 2.21 bits per heavy atom. The highest BCUT2D eigenvalue weighted by Crippen LogP contribution is 2.45. The van der Waals surface area contributed by atoms with Crippen LogP contribution in [0.2, 0.25) is 5.02 Å². The number of amidine groups is 1. The SMILES string of the molecule is COC(=O)OCC1CC2=C(C3=NCC(=C[C@@H](C)F)C=C3)[C@H](c3ccc(F)cc3Cl)N=C(C3CC=CS3)N2C1. The predicted molar refractivity (Wildman–Crippen MR) is 147 cm³/mol. The number of benzene rings is 1. The van der Waals surface area contributed by atoms with E-state index in [1.807, 2.05) is 12.2 Å². The predicted octanol–water partition coefficient (Wildman–Crippen LogP) is 6.61. The number of rotatable bonds is 6. The molecule has 0 radical (unpaired) electrons. The summed E-state index contributed by atoms with van der Waals surface area (Å²) in [5.41, 5.74) is 4.12. The Morgan fingerprint density at radius 3 is 2.87 bits per heavy atom. The largest absolute Gasteiger partial charge is 0.507 e. The van der Waals surface area contributed by atoms with Gasteiger partial charge in [-0.1, -0.05) is 29.8 Å². The van der Waals surface area contributed by atoms with Crippen molar-refractivity contribution in [3.63, 3.8) is 0 Å². The molecule has 4 aliphatic rings. The summed E-state index contributed by atoms with van der Waals surface area (Å²) >= 11 is 8.29. The molecule has 6 nitrogen and oxygen atoms in total. The number of allylic oxidation sites excluding steroid dienone is 4. The van der Waals surface area contributed by atoms with Gasteiger partial charge in [0.05, 0.1) is 31.2 Å². The number of dihydropyridines is 1. The number of fused-ring (bicyclic) bond motifs is 1. The van der Waals surface area contributed by atoms with Crippen LogP contribution in [0, 0.1) is 11.7 Å². The first-order valence-corrected chi connectivity index (χ1v) is 13.8. The van der Waals surface area contributed by atoms with Crippen LogP contribution in [-0.2, 0) is 9.47 Å². The third-order valence-corrected chi connectivity index (χ3v) is 8.22. The van der Waals surface area contributed by atoms with Crippen molar-refractivity contribution < 1.29 is 23.0 Å². The van der Waals surface area contributed by atoms with Gasteiger partial charge in [-0.25, -0.2) is 13.6 Å². The first-order valence-electron chi connectivity index (χ1n) is 12.5. The highest BCUT2D eigenvalue weighted by molar-refractivity contribution is 8.03. The fourth-order valence-electron chi connectivity index (χ4n) is 5.18. The monoisotopic (exact) mass is 559 g/mol. The van der Waals surface area contributed by atoms with E-state index in [9.17, 15) is 13.6 Å². The van der Waals surface area contributed by atoms with Crippen LogP contribution in [0.5, 0.6) is 0 Å². The van der Waals surface area contributed by atoms with E-state index < -0.39 is 24.2 Å². The van der Waals surface area contributed by atoms with E-state index in [1.54, 1.807) is 23.9 Å². The molecule has 200 valence electrons. The van der Waals surface area contributed by atoms with Gasteiger partial charge in [0.1, 0.15) is 23.9 Å². The number of hydrogen-bond acceptors (Lipinski definition) is 7. The van der Waals surface area contributed by atoms with Gasteiger partial charge in [0.15, 0.2) is 0 Å². The normalized spacial score (nSPS) is 26.4. The van der Waals surface area contributed by atoms with Crippen LogP contribution in [-0.4, -0.2) is 60.8 Å². The maximum Gasteiger partial charge on any atom is 0.507 e. The molecule has 1 aromatic rings. The molecule has 5 rings (SSSR count). The highest BCUT2D eigenvalue weighted by Gasteiger charge is 2.42. The number of nitrogens with zero attached hydrogens (tertiary/aromatic N) is 3. The molecule has 2 unspecified atom stereocenters. The first kappa shape index (κ1) is 26.7. The molecular weight excluding hydrogens is 532 g/mol. The number of ether oxygens (including phenoxy) is 2. The standard InChI is InChI=1S/C28H28ClF2N3O3S/c1-16(30)10-17-5-8-22(32-13-17)25-23-11-18(15-37-28(35)36-2)14-34(23)27(24-4-3-9-38-24)33-26(25)20-7-6-19(31)12-21(20)29/h3,5-10,12,16,18,24,26H,4,11,13-15H2,1-2H3/t16-,18?,24?,26+/m1/s1. The number of aliphatic imine (C=N–C) groups is 2. The summed E-state index contributed by atoms with van der Waals surface area (Å²) in [6.07, 6.45) is 7.11. The third kappa shape index (κ3) is 5.59. The molecular formula is C28H28ClF2N3O3S. The second-order valence-electron chi connectivity index (χ2n) is 9.55. The first-order chi connectivity index (χ1) is 18.3. The molecule has 1 fully saturated rings. The van der Waals surface area contributed by atoms with Crippen LogP contribution < -0.4 is 0 Å². The van der Waals surface area contributed by atoms with Crippen molar-refractivity contribution in [2.24, 2.45) is 15.9 Å². The molecule has 0 saturated carbocycles. The zero-order valence-electron chi connectivity index (χ0n) is 21.1. The van der Waals surface area contributed by atoms with Crippen LogP contribution in [0.4, 0.5) is 13.6 Å². The zero-order valence-corrected chi connectivity index (χ0v) is 22.6. The smallest absolute Gasteiger partial charge is 0.438 e. The molecule has 0 aromatic heterocycles. The fourth-order valence-corrected chi connectivity index (χ4v) is 6.39. The Kier molecular flexibility index (Phi) is 8.04. The average molecular weight is 560 g/mol. The van der Waals surface area contributed by atoms with Crippen LogP contribution in [0.1, 0.15) is 31.4 Å². The molecule has 4 heterocycles. The summed E-state index contributed by atoms with van der Waals surface area (Å²) in [5.74, 6) is 0.509. The lowest BCUT2D eigenvalue weighted by atomic mass is 9.89. The Hall–Kier alpha value is -2.91. The van der Waals surface area contributed by atoms with E-state index in [-0.39, 0.29) is 22.8 Å². The van der Waals surface area contributed by atoms with Crippen molar-refractivity contribution in [3.8, 4) is 0 Å². The Morgan fingerprint density at radius 1 is 1.37 bits per heavy atom. The molecule has 0 spiro atoms. The van der Waals surface area contributed by atoms with E-state index in [2.05, 4.69) is 21.1 Å². The maximum absolute atomic E-state index is 14.0. The van der Waals surface area contributed by atoms with Crippen molar-refractivity contribution in [2.45, 2.75) is 37.2 Å². The van der Waals surface area contributed by atoms with Crippen molar-refractivity contribution in [1.82, 2.24) is 4.90 Å². The lowest BCUT2D eigenvalue weighted by Crippen LogP contribution is -2.40. The summed E-state index contributed by atoms with van der Waals surface area (Å²) in [4.78, 5) is 23.9. The van der Waals surface area contributed by atoms with Crippen LogP contribution in [0.15, 0.2) is 74.7 Å². The quantitative estimate of drug-likeness (QED) is 0.367. The van der Waals surface area contributed by atoms with E-state index in [0.717, 1.165) is 34.8 Å². The van der Waals surface area contributed by atoms with Crippen molar-refractivity contribution in [1.29, 1.82) is 0 Å². The number of carbonyl (C=O) groups is 1. The molecule has 1 saturated heterocycles. The number of halogens is 3. The molecule has 0 bridgehead atoms. The molecule has 0 amide bonds. The van der Waals surface area contributed by atoms with Gasteiger partial charge in [-0.2, -0.15) is 0 Å². The minimum atomic E-state index is -1.07. The van der Waals surface area contributed by atoms with Crippen LogP contribution >= 0.6 is 23.4 Å². The van der Waals surface area contributed by atoms with Gasteiger partial charge in [0.2, 0.25) is 0 Å². The van der Waals surface area contributed by atoms with Gasteiger partial charge in [-0.05, 0) is 55.0 Å². The Balaban J connectivity index is 1.59. The highest BCUT2D eigenvalue weighted by atomic mass is 35.5. The van der Waals surface area contributed by atoms with Crippen molar-refractivity contribution in [2.75, 3.05) is 26.8 Å². The van der Waals surface area contributed by atoms with E-state index in [4.69, 9.17) is 26.3 Å². The second kappa shape index (κ2) is 11.5. The summed E-state index contributed by atoms with van der Waals surface area (Å²) in [6, 6.07) is 3.87. The molecule has 0 N–H and O–H groups in total. The summed E-state index contributed by atoms with van der Waals surface area (Å²) in [5, 5.41) is 2.49. The lowest BCUT2D eigenvalue weighted by molar-refractivity contribution is 0.0615. The van der Waals surface area contributed by atoms with Crippen LogP contribution in [0.25, 0.3) is 0 Å². The number of thioether (sulfide) groups is 1. The van der Waals surface area contributed by atoms with E-state index in [0.29, 0.717) is 25.1 Å². The molecule has 0 aliphatic carbocycles. The molecule has 10 heteroatoms. The molecule has 4 atom stereocenters. The van der Waals surface area contributed by atoms with Gasteiger partial charge in [0, 0.05) is 34.3 Å². The lowest BCUT2D eigenvalue weighted by Gasteiger charge is -2.36. The number of carbonyl (C=O) groups excluding carboxylic acids is 1. The minimum Gasteiger partial charge on any atom is -0.438 e. The fraction of sp³-hybridized carbons (Fsp3) is 0.393. The van der Waals surface area contributed by atoms with E-state index >= 15 is 0 Å². The second-order valence-corrected chi connectivity index (χ2v) is 11.1. The topological polar surface area (TPSA) is 63.5 Å². The number of methoxy groups -OCH3 is 1. The number of hydrogen-bond donors (Lipinski definition) is 0. The third-order valence-electron chi connectivity index (χ3n) is 6.82. The van der Waals surface area contributed by atoms with Gasteiger partial charge in [-0.3, -0.25) is 9.98 Å². The van der Waals surface area contributed by atoms with Gasteiger partial charge in [-0.15, -0.1) is 11.8 Å². The van der Waals surface area contributed by atoms with Crippen LogP contribution in [0.3, 0.4) is 0 Å². The average Bonchev–Trinajstić information content (AvgIpc) is 3.57. The molecule has 1 aromatic carbocycles. The summed E-state index contributed by atoms with van der Waals surface area (Å²) < 4.78 is 37.5. The Bertz CT molecular complexity index is 1300. The van der Waals surface area contributed by atoms with Gasteiger partial charge >= 0.3 is 6.16 Å². The number of alkyl halides is 1. The molecule has 4 aliphatic heterocycles. The summed E-state index contributed by atoms with van der Waals surface area (Å²) in [7, 11) is 1.28. The molecule has 38 heavy (non-hydrogen) atoms. The maximum atomic E-state index is 14.0. The van der Waals surface area contributed by atoms with Crippen molar-refractivity contribution >= 4 is 41.1 Å². The van der Waals surface area contributed by atoms with Crippen molar-refractivity contribution in [3.05, 3.63) is 81.2 Å². The van der Waals surface area contributed by atoms with Gasteiger partial charge < -0.3 is 14.4 Å². The Labute approximate surface area is 229 Å².